The first-order valence-electron chi connectivity index (χ1n) is 5.84. The molecule has 1 rings (SSSR count). The molecule has 0 bridgehead atoms. The second-order valence-corrected chi connectivity index (χ2v) is 8.24. The Hall–Kier alpha value is -1.07. The number of aryl methyl sites for hydroxylation is 1. The van der Waals surface area contributed by atoms with Crippen LogP contribution in [0, 0.1) is 12.3 Å². The van der Waals surface area contributed by atoms with Crippen LogP contribution < -0.4 is 5.32 Å². The average Bonchev–Trinajstić information content (AvgIpc) is 2.11. The number of hydrogen-bond donors (Lipinski definition) is 1. The van der Waals surface area contributed by atoms with Gasteiger partial charge in [-0.1, -0.05) is 20.8 Å². The van der Waals surface area contributed by atoms with E-state index in [9.17, 15) is 13.2 Å². The van der Waals surface area contributed by atoms with Gasteiger partial charge in [-0.15, -0.1) is 0 Å². The predicted molar refractivity (Wildman–Crippen MR) is 76.9 cm³/mol. The smallest absolute Gasteiger partial charge is 0.261 e. The van der Waals surface area contributed by atoms with Crippen molar-refractivity contribution < 1.29 is 13.2 Å². The average molecular weight is 304 g/mol. The molecule has 19 heavy (non-hydrogen) atoms. The van der Waals surface area contributed by atoms with Gasteiger partial charge in [0.05, 0.1) is 4.90 Å². The molecular weight excluding hydrogens is 286 g/mol. The van der Waals surface area contributed by atoms with Crippen molar-refractivity contribution in [2.75, 3.05) is 5.32 Å². The van der Waals surface area contributed by atoms with Gasteiger partial charge in [0.15, 0.2) is 0 Å². The topological polar surface area (TPSA) is 63.2 Å². The van der Waals surface area contributed by atoms with Crippen LogP contribution in [0.3, 0.4) is 0 Å². The summed E-state index contributed by atoms with van der Waals surface area (Å²) < 4.78 is 22.5. The maximum Gasteiger partial charge on any atom is 0.261 e. The molecule has 6 heteroatoms. The van der Waals surface area contributed by atoms with E-state index in [1.54, 1.807) is 13.0 Å². The van der Waals surface area contributed by atoms with E-state index in [0.29, 0.717) is 17.7 Å². The number of amides is 1. The van der Waals surface area contributed by atoms with Crippen LogP contribution in [0.5, 0.6) is 0 Å². The Morgan fingerprint density at radius 1 is 1.32 bits per heavy atom. The standard InChI is InChI=1S/C13H18ClNO3S/c1-9-7-10(5-6-11(9)19(14,17)18)15-12(16)8-13(2,3)4/h5-7H,8H2,1-4H3,(H,15,16). The molecule has 0 unspecified atom stereocenters. The minimum atomic E-state index is -3.75. The molecule has 0 heterocycles. The fourth-order valence-corrected chi connectivity index (χ4v) is 2.88. The van der Waals surface area contributed by atoms with Crippen LogP contribution in [0.4, 0.5) is 5.69 Å². The summed E-state index contributed by atoms with van der Waals surface area (Å²) in [4.78, 5) is 11.8. The molecule has 1 amide bonds. The van der Waals surface area contributed by atoms with Gasteiger partial charge in [-0.25, -0.2) is 8.42 Å². The van der Waals surface area contributed by atoms with Crippen LogP contribution in [-0.2, 0) is 13.8 Å². The highest BCUT2D eigenvalue weighted by molar-refractivity contribution is 8.13. The summed E-state index contributed by atoms with van der Waals surface area (Å²) >= 11 is 0. The number of nitrogens with one attached hydrogen (secondary N) is 1. The first-order valence-corrected chi connectivity index (χ1v) is 8.15. The van der Waals surface area contributed by atoms with Crippen molar-refractivity contribution in [3.05, 3.63) is 23.8 Å². The van der Waals surface area contributed by atoms with Crippen LogP contribution in [0.1, 0.15) is 32.8 Å². The fourth-order valence-electron chi connectivity index (χ4n) is 1.69. The lowest BCUT2D eigenvalue weighted by atomic mass is 9.92. The molecule has 0 aliphatic carbocycles. The molecule has 1 aromatic rings. The van der Waals surface area contributed by atoms with Gasteiger partial charge in [-0.3, -0.25) is 4.79 Å². The summed E-state index contributed by atoms with van der Waals surface area (Å²) in [7, 11) is 1.55. The zero-order valence-electron chi connectivity index (χ0n) is 11.5. The van der Waals surface area contributed by atoms with E-state index >= 15 is 0 Å². The van der Waals surface area contributed by atoms with Crippen LogP contribution >= 0.6 is 10.7 Å². The Morgan fingerprint density at radius 2 is 1.89 bits per heavy atom. The van der Waals surface area contributed by atoms with Gasteiger partial charge in [-0.05, 0) is 36.1 Å². The number of benzene rings is 1. The van der Waals surface area contributed by atoms with Gasteiger partial charge in [0.1, 0.15) is 0 Å². The van der Waals surface area contributed by atoms with E-state index in [4.69, 9.17) is 10.7 Å². The Kier molecular flexibility index (Phi) is 4.63. The molecule has 0 aliphatic heterocycles. The zero-order valence-corrected chi connectivity index (χ0v) is 13.0. The molecule has 0 aromatic heterocycles. The molecule has 4 nitrogen and oxygen atoms in total. The Bertz CT molecular complexity index is 588. The third kappa shape index (κ3) is 5.20. The number of rotatable bonds is 3. The van der Waals surface area contributed by atoms with Gasteiger partial charge < -0.3 is 5.32 Å². The molecule has 106 valence electrons. The molecule has 0 saturated heterocycles. The molecule has 0 atom stereocenters. The van der Waals surface area contributed by atoms with E-state index in [-0.39, 0.29) is 16.2 Å². The fraction of sp³-hybridized carbons (Fsp3) is 0.462. The van der Waals surface area contributed by atoms with Gasteiger partial charge >= 0.3 is 0 Å². The predicted octanol–water partition coefficient (Wildman–Crippen LogP) is 3.30. The van der Waals surface area contributed by atoms with Crippen molar-refractivity contribution in [2.45, 2.75) is 39.0 Å². The summed E-state index contributed by atoms with van der Waals surface area (Å²) in [5.74, 6) is -0.103. The van der Waals surface area contributed by atoms with Crippen molar-refractivity contribution in [2.24, 2.45) is 5.41 Å². The monoisotopic (exact) mass is 303 g/mol. The third-order valence-corrected chi connectivity index (χ3v) is 3.89. The van der Waals surface area contributed by atoms with Crippen molar-refractivity contribution in [1.82, 2.24) is 0 Å². The number of halogens is 1. The van der Waals surface area contributed by atoms with Gasteiger partial charge in [-0.2, -0.15) is 0 Å². The van der Waals surface area contributed by atoms with Gasteiger partial charge in [0, 0.05) is 22.8 Å². The quantitative estimate of drug-likeness (QED) is 0.871. The summed E-state index contributed by atoms with van der Waals surface area (Å²) in [6, 6.07) is 4.52. The summed E-state index contributed by atoms with van der Waals surface area (Å²) in [6.07, 6.45) is 0.390. The molecule has 0 radical (unpaired) electrons. The summed E-state index contributed by atoms with van der Waals surface area (Å²) in [5.41, 5.74) is 0.970. The van der Waals surface area contributed by atoms with E-state index in [1.807, 2.05) is 20.8 Å². The number of carbonyl (C=O) groups excluding carboxylic acids is 1. The maximum atomic E-state index is 11.8. The third-order valence-electron chi connectivity index (χ3n) is 2.41. The van der Waals surface area contributed by atoms with Crippen molar-refractivity contribution in [3.63, 3.8) is 0 Å². The minimum Gasteiger partial charge on any atom is -0.326 e. The summed E-state index contributed by atoms with van der Waals surface area (Å²) in [6.45, 7) is 7.55. The minimum absolute atomic E-state index is 0.0583. The Morgan fingerprint density at radius 3 is 2.32 bits per heavy atom. The zero-order chi connectivity index (χ0) is 14.8. The highest BCUT2D eigenvalue weighted by Gasteiger charge is 2.17. The van der Waals surface area contributed by atoms with E-state index in [1.165, 1.54) is 12.1 Å². The number of carbonyl (C=O) groups is 1. The lowest BCUT2D eigenvalue weighted by Gasteiger charge is -2.17. The maximum absolute atomic E-state index is 11.8. The molecule has 1 N–H and O–H groups in total. The molecule has 0 fully saturated rings. The van der Waals surface area contributed by atoms with Gasteiger partial charge in [0.25, 0.3) is 9.05 Å². The van der Waals surface area contributed by atoms with Crippen molar-refractivity contribution >= 4 is 31.3 Å². The van der Waals surface area contributed by atoms with Crippen LogP contribution in [0.15, 0.2) is 23.1 Å². The lowest BCUT2D eigenvalue weighted by molar-refractivity contribution is -0.117. The van der Waals surface area contributed by atoms with Crippen LogP contribution in [-0.4, -0.2) is 14.3 Å². The number of anilines is 1. The normalized spacial score (nSPS) is 12.3. The highest BCUT2D eigenvalue weighted by Crippen LogP contribution is 2.24. The lowest BCUT2D eigenvalue weighted by Crippen LogP contribution is -2.19. The van der Waals surface area contributed by atoms with Crippen molar-refractivity contribution in [1.29, 1.82) is 0 Å². The molecule has 0 saturated carbocycles. The largest absolute Gasteiger partial charge is 0.326 e. The number of hydrogen-bond acceptors (Lipinski definition) is 3. The highest BCUT2D eigenvalue weighted by atomic mass is 35.7. The molecule has 0 spiro atoms. The van der Waals surface area contributed by atoms with Gasteiger partial charge in [0.2, 0.25) is 5.91 Å². The van der Waals surface area contributed by atoms with Crippen LogP contribution in [0.25, 0.3) is 0 Å². The Labute approximate surface area is 118 Å². The first-order chi connectivity index (χ1) is 8.49. The first kappa shape index (κ1) is 16.0. The molecule has 1 aromatic carbocycles. The molecule has 0 aliphatic rings. The second-order valence-electron chi connectivity index (χ2n) is 5.70. The molecular formula is C13H18ClNO3S. The Balaban J connectivity index is 2.89. The second kappa shape index (κ2) is 5.51. The van der Waals surface area contributed by atoms with Crippen LogP contribution in [0.2, 0.25) is 0 Å². The summed E-state index contributed by atoms with van der Waals surface area (Å²) in [5, 5.41) is 2.74. The van der Waals surface area contributed by atoms with E-state index < -0.39 is 9.05 Å². The van der Waals surface area contributed by atoms with Crippen molar-refractivity contribution in [3.8, 4) is 0 Å². The van der Waals surface area contributed by atoms with E-state index in [0.717, 1.165) is 0 Å². The van der Waals surface area contributed by atoms with E-state index in [2.05, 4.69) is 5.32 Å². The SMILES string of the molecule is Cc1cc(NC(=O)CC(C)(C)C)ccc1S(=O)(=O)Cl.